The van der Waals surface area contributed by atoms with Crippen molar-refractivity contribution in [2.45, 2.75) is 22.9 Å². The van der Waals surface area contributed by atoms with Gasteiger partial charge in [0.2, 0.25) is 0 Å². The van der Waals surface area contributed by atoms with Crippen LogP contribution in [0.25, 0.3) is 21.9 Å². The van der Waals surface area contributed by atoms with Gasteiger partial charge in [0.05, 0.1) is 20.0 Å². The van der Waals surface area contributed by atoms with Gasteiger partial charge in [-0.15, -0.1) is 11.3 Å². The van der Waals surface area contributed by atoms with Crippen LogP contribution in [-0.2, 0) is 4.79 Å². The molecule has 0 bridgehead atoms. The van der Waals surface area contributed by atoms with E-state index in [1.54, 1.807) is 36.7 Å². The second-order valence-electron chi connectivity index (χ2n) is 6.67. The number of carboxylic acids is 1. The number of benzene rings is 2. The Morgan fingerprint density at radius 2 is 1.91 bits per heavy atom. The molecule has 8 nitrogen and oxygen atoms in total. The molecule has 0 spiro atoms. The number of hydrogen-bond donors (Lipinski definition) is 1. The van der Waals surface area contributed by atoms with E-state index in [2.05, 4.69) is 15.0 Å². The molecule has 0 aliphatic carbocycles. The zero-order valence-electron chi connectivity index (χ0n) is 16.5. The number of nitro groups is 1. The number of nitrogens with zero attached hydrogens (tertiary/aromatic N) is 4. The summed E-state index contributed by atoms with van der Waals surface area (Å²) >= 11 is 2.58. The maximum atomic E-state index is 11.7. The first kappa shape index (κ1) is 21.6. The van der Waals surface area contributed by atoms with Crippen LogP contribution in [0.4, 0.5) is 5.69 Å². The molecule has 0 unspecified atom stereocenters. The van der Waals surface area contributed by atoms with Crippen molar-refractivity contribution in [1.82, 2.24) is 15.0 Å². The summed E-state index contributed by atoms with van der Waals surface area (Å²) in [7, 11) is 0. The fourth-order valence-corrected chi connectivity index (χ4v) is 4.79. The van der Waals surface area contributed by atoms with E-state index < -0.39 is 10.9 Å². The molecule has 0 atom stereocenters. The second kappa shape index (κ2) is 9.67. The standard InChI is InChI=1S/C22H16N4O4S2/c27-20(28)9-7-15(21-25-16-4-1-2-5-18(16)31-21)12-14-6-8-19(17(13-14)26(29)30)32-22-23-10-3-11-24-22/h1-6,8,10-13H,7,9H2,(H,27,28)/b15-12-. The highest BCUT2D eigenvalue weighted by Crippen LogP contribution is 2.35. The Bertz CT molecular complexity index is 1290. The molecule has 2 aromatic heterocycles. The van der Waals surface area contributed by atoms with E-state index in [4.69, 9.17) is 5.11 Å². The van der Waals surface area contributed by atoms with Crippen molar-refractivity contribution in [3.63, 3.8) is 0 Å². The van der Waals surface area contributed by atoms with Gasteiger partial charge in [0.25, 0.3) is 5.69 Å². The highest BCUT2D eigenvalue weighted by atomic mass is 32.2. The van der Waals surface area contributed by atoms with Crippen LogP contribution in [0.15, 0.2) is 71.0 Å². The molecule has 0 saturated carbocycles. The number of aromatic nitrogens is 3. The number of aliphatic carboxylic acids is 1. The topological polar surface area (TPSA) is 119 Å². The summed E-state index contributed by atoms with van der Waals surface area (Å²) in [6, 6.07) is 14.2. The minimum Gasteiger partial charge on any atom is -0.481 e. The Hall–Kier alpha value is -3.63. The summed E-state index contributed by atoms with van der Waals surface area (Å²) in [6.07, 6.45) is 5.11. The van der Waals surface area contributed by atoms with Crippen LogP contribution in [0.5, 0.6) is 0 Å². The van der Waals surface area contributed by atoms with E-state index in [0.717, 1.165) is 27.6 Å². The van der Waals surface area contributed by atoms with Crippen LogP contribution >= 0.6 is 23.1 Å². The number of carboxylic acid groups (broad SMARTS) is 1. The van der Waals surface area contributed by atoms with E-state index in [-0.39, 0.29) is 18.5 Å². The van der Waals surface area contributed by atoms with Crippen LogP contribution in [-0.4, -0.2) is 31.0 Å². The van der Waals surface area contributed by atoms with Crippen molar-refractivity contribution >= 4 is 56.6 Å². The van der Waals surface area contributed by atoms with Gasteiger partial charge in [0.15, 0.2) is 5.16 Å². The van der Waals surface area contributed by atoms with Gasteiger partial charge >= 0.3 is 5.97 Å². The average Bonchev–Trinajstić information content (AvgIpc) is 3.22. The third kappa shape index (κ3) is 5.16. The third-order valence-electron chi connectivity index (χ3n) is 4.44. The van der Waals surface area contributed by atoms with Gasteiger partial charge in [-0.1, -0.05) is 18.2 Å². The number of para-hydroxylation sites is 1. The lowest BCUT2D eigenvalue weighted by molar-refractivity contribution is -0.387. The van der Waals surface area contributed by atoms with E-state index >= 15 is 0 Å². The summed E-state index contributed by atoms with van der Waals surface area (Å²) in [5, 5.41) is 22.0. The maximum Gasteiger partial charge on any atom is 0.303 e. The molecule has 0 radical (unpaired) electrons. The predicted octanol–water partition coefficient (Wildman–Crippen LogP) is 5.55. The first-order chi connectivity index (χ1) is 15.5. The summed E-state index contributed by atoms with van der Waals surface area (Å²) in [4.78, 5) is 35.7. The van der Waals surface area contributed by atoms with Crippen molar-refractivity contribution in [3.8, 4) is 0 Å². The fraction of sp³-hybridized carbons (Fsp3) is 0.0909. The number of rotatable bonds is 8. The van der Waals surface area contributed by atoms with Crippen molar-refractivity contribution in [2.24, 2.45) is 0 Å². The Morgan fingerprint density at radius 1 is 1.12 bits per heavy atom. The molecule has 0 fully saturated rings. The van der Waals surface area contributed by atoms with Crippen LogP contribution in [0, 0.1) is 10.1 Å². The zero-order valence-corrected chi connectivity index (χ0v) is 18.2. The highest BCUT2D eigenvalue weighted by Gasteiger charge is 2.18. The Kier molecular flexibility index (Phi) is 6.52. The lowest BCUT2D eigenvalue weighted by atomic mass is 10.1. The molecule has 160 valence electrons. The smallest absolute Gasteiger partial charge is 0.303 e. The van der Waals surface area contributed by atoms with Gasteiger partial charge in [-0.25, -0.2) is 15.0 Å². The molecule has 4 aromatic rings. The molecular weight excluding hydrogens is 448 g/mol. The molecule has 10 heteroatoms. The second-order valence-corrected chi connectivity index (χ2v) is 8.71. The lowest BCUT2D eigenvalue weighted by Crippen LogP contribution is -1.96. The zero-order chi connectivity index (χ0) is 22.5. The normalized spacial score (nSPS) is 11.6. The highest BCUT2D eigenvalue weighted by molar-refractivity contribution is 7.99. The van der Waals surface area contributed by atoms with Crippen molar-refractivity contribution < 1.29 is 14.8 Å². The van der Waals surface area contributed by atoms with Crippen molar-refractivity contribution in [2.75, 3.05) is 0 Å². The van der Waals surface area contributed by atoms with E-state index in [0.29, 0.717) is 20.6 Å². The quantitative estimate of drug-likeness (QED) is 0.205. The summed E-state index contributed by atoms with van der Waals surface area (Å²) < 4.78 is 0.990. The molecule has 2 heterocycles. The van der Waals surface area contributed by atoms with Crippen molar-refractivity contribution in [3.05, 3.63) is 81.6 Å². The number of fused-ring (bicyclic) bond motifs is 1. The molecule has 1 N–H and O–H groups in total. The van der Waals surface area contributed by atoms with Crippen LogP contribution in [0.1, 0.15) is 23.4 Å². The van der Waals surface area contributed by atoms with E-state index in [9.17, 15) is 14.9 Å². The van der Waals surface area contributed by atoms with Gasteiger partial charge < -0.3 is 5.11 Å². The predicted molar refractivity (Wildman–Crippen MR) is 124 cm³/mol. The van der Waals surface area contributed by atoms with Gasteiger partial charge in [0.1, 0.15) is 5.01 Å². The lowest BCUT2D eigenvalue weighted by Gasteiger charge is -2.06. The molecule has 4 rings (SSSR count). The summed E-state index contributed by atoms with van der Waals surface area (Å²) in [6.45, 7) is 0. The van der Waals surface area contributed by atoms with Crippen LogP contribution < -0.4 is 0 Å². The molecule has 0 aliphatic rings. The Morgan fingerprint density at radius 3 is 2.62 bits per heavy atom. The first-order valence-corrected chi connectivity index (χ1v) is 11.1. The Balaban J connectivity index is 1.72. The molecular formula is C22H16N4O4S2. The maximum absolute atomic E-state index is 11.7. The monoisotopic (exact) mass is 464 g/mol. The molecule has 0 amide bonds. The van der Waals surface area contributed by atoms with Gasteiger partial charge in [-0.2, -0.15) is 0 Å². The Labute approximate surface area is 190 Å². The number of carbonyl (C=O) groups is 1. The van der Waals surface area contributed by atoms with Crippen LogP contribution in [0.3, 0.4) is 0 Å². The average molecular weight is 465 g/mol. The SMILES string of the molecule is O=C(O)CC/C(=C/c1ccc(Sc2ncccn2)c([N+](=O)[O-])c1)c1nc2ccccc2s1. The summed E-state index contributed by atoms with van der Waals surface area (Å²) in [5.74, 6) is -0.919. The molecule has 0 saturated heterocycles. The van der Waals surface area contributed by atoms with Gasteiger partial charge in [-0.05, 0) is 59.7 Å². The van der Waals surface area contributed by atoms with Gasteiger partial charge in [-0.3, -0.25) is 14.9 Å². The fourth-order valence-electron chi connectivity index (χ4n) is 2.98. The number of nitro benzene ring substituents is 1. The van der Waals surface area contributed by atoms with Crippen molar-refractivity contribution in [1.29, 1.82) is 0 Å². The van der Waals surface area contributed by atoms with E-state index in [1.165, 1.54) is 17.4 Å². The molecule has 2 aromatic carbocycles. The van der Waals surface area contributed by atoms with Gasteiger partial charge in [0, 0.05) is 24.9 Å². The minimum absolute atomic E-state index is 0.0663. The largest absolute Gasteiger partial charge is 0.481 e. The number of hydrogen-bond acceptors (Lipinski definition) is 8. The number of thiazole rings is 1. The molecule has 0 aliphatic heterocycles. The summed E-state index contributed by atoms with van der Waals surface area (Å²) in [5.41, 5.74) is 2.07. The van der Waals surface area contributed by atoms with E-state index in [1.807, 2.05) is 24.3 Å². The first-order valence-electron chi connectivity index (χ1n) is 9.51. The molecule has 32 heavy (non-hydrogen) atoms. The minimum atomic E-state index is -0.919. The third-order valence-corrected chi connectivity index (χ3v) is 6.51. The number of allylic oxidation sites excluding steroid dienone is 1. The van der Waals surface area contributed by atoms with Crippen LogP contribution in [0.2, 0.25) is 0 Å².